The van der Waals surface area contributed by atoms with E-state index in [1.807, 2.05) is 81.3 Å². The Hall–Kier alpha value is -4.30. The van der Waals surface area contributed by atoms with E-state index < -0.39 is 11.6 Å². The van der Waals surface area contributed by atoms with Crippen molar-refractivity contribution in [2.75, 3.05) is 0 Å². The maximum atomic E-state index is 12.2. The summed E-state index contributed by atoms with van der Waals surface area (Å²) in [5, 5.41) is 1.36. The van der Waals surface area contributed by atoms with Crippen LogP contribution in [-0.4, -0.2) is 41.2 Å². The summed E-state index contributed by atoms with van der Waals surface area (Å²) < 4.78 is 4.08. The largest absolute Gasteiger partial charge is 0.329 e. The highest BCUT2D eigenvalue weighted by molar-refractivity contribution is 5.77. The van der Waals surface area contributed by atoms with E-state index in [1.54, 1.807) is 6.20 Å². The molecule has 0 spiro atoms. The predicted molar refractivity (Wildman–Crippen MR) is 143 cm³/mol. The number of para-hydroxylation sites is 2. The second-order valence-electron chi connectivity index (χ2n) is 9.92. The lowest BCUT2D eigenvalue weighted by Crippen LogP contribution is -2.38. The number of imidazole rings is 2. The number of hydroxylamine groups is 2. The van der Waals surface area contributed by atoms with Crippen LogP contribution in [0.3, 0.4) is 0 Å². The molecule has 0 aliphatic rings. The normalized spacial score (nSPS) is 12.5. The van der Waals surface area contributed by atoms with Gasteiger partial charge in [-0.3, -0.25) is 19.2 Å². The summed E-state index contributed by atoms with van der Waals surface area (Å²) in [7, 11) is 1.96. The van der Waals surface area contributed by atoms with Crippen molar-refractivity contribution in [1.82, 2.24) is 29.1 Å². The van der Waals surface area contributed by atoms with Crippen LogP contribution in [0.15, 0.2) is 85.5 Å². The summed E-state index contributed by atoms with van der Waals surface area (Å²) >= 11 is 0. The first-order chi connectivity index (χ1) is 17.8. The van der Waals surface area contributed by atoms with E-state index in [9.17, 15) is 4.79 Å². The molecular weight excluding hydrogens is 464 g/mol. The fraction of sp³-hybridized carbons (Fsp3) is 0.241. The van der Waals surface area contributed by atoms with Gasteiger partial charge in [0, 0.05) is 31.0 Å². The third-order valence-electron chi connectivity index (χ3n) is 6.14. The Morgan fingerprint density at radius 1 is 0.973 bits per heavy atom. The van der Waals surface area contributed by atoms with Crippen LogP contribution in [-0.2, 0) is 23.1 Å². The van der Waals surface area contributed by atoms with Crippen molar-refractivity contribution in [1.29, 1.82) is 0 Å². The molecule has 5 rings (SSSR count). The van der Waals surface area contributed by atoms with Crippen molar-refractivity contribution in [3.8, 4) is 16.9 Å². The summed E-state index contributed by atoms with van der Waals surface area (Å²) in [6, 6.07) is 21.6. The zero-order valence-corrected chi connectivity index (χ0v) is 21.4. The molecule has 0 radical (unpaired) electrons. The lowest BCUT2D eigenvalue weighted by Gasteiger charge is -2.32. The number of amides is 1. The topological polar surface area (TPSA) is 78.1 Å². The smallest absolute Gasteiger partial charge is 0.234 e. The molecule has 0 fully saturated rings. The maximum absolute atomic E-state index is 12.2. The van der Waals surface area contributed by atoms with Gasteiger partial charge in [0.25, 0.3) is 0 Å². The zero-order valence-electron chi connectivity index (χ0n) is 21.4. The first kappa shape index (κ1) is 24.4. The van der Waals surface area contributed by atoms with Crippen LogP contribution in [0.25, 0.3) is 28.0 Å². The molecule has 3 aromatic heterocycles. The van der Waals surface area contributed by atoms with Crippen molar-refractivity contribution in [3.63, 3.8) is 0 Å². The lowest BCUT2D eigenvalue weighted by molar-refractivity contribution is -0.235. The van der Waals surface area contributed by atoms with Gasteiger partial charge < -0.3 is 4.57 Å². The maximum Gasteiger partial charge on any atom is 0.234 e. The summed E-state index contributed by atoms with van der Waals surface area (Å²) in [6.45, 7) is 5.74. The Morgan fingerprint density at radius 3 is 2.43 bits per heavy atom. The van der Waals surface area contributed by atoms with E-state index >= 15 is 0 Å². The SMILES string of the molecule is Cn1c(-c2ccc(-n3cnc4ccccc43)cc2)cnc1[C@H](Cc1ccccn1)N(C=O)OC(C)(C)C. The summed E-state index contributed by atoms with van der Waals surface area (Å²) in [4.78, 5) is 31.9. The molecule has 5 aromatic rings. The quantitative estimate of drug-likeness (QED) is 0.216. The molecule has 0 unspecified atom stereocenters. The molecule has 188 valence electrons. The van der Waals surface area contributed by atoms with Crippen LogP contribution in [0.5, 0.6) is 0 Å². The molecule has 0 N–H and O–H groups in total. The number of hydrogen-bond acceptors (Lipinski definition) is 5. The minimum absolute atomic E-state index is 0.457. The highest BCUT2D eigenvalue weighted by Gasteiger charge is 2.29. The standard InChI is InChI=1S/C29H30N6O2/c1-29(2,3)37-35(20-36)26(17-22-9-7-8-16-30-22)28-31-18-27(33(28)4)21-12-14-23(15-13-21)34-19-32-24-10-5-6-11-25(24)34/h5-16,18-20,26H,17H2,1-4H3/t26-/m0/s1. The number of carbonyl (C=O) groups is 1. The van der Waals surface area contributed by atoms with Gasteiger partial charge in [-0.25, -0.2) is 15.0 Å². The van der Waals surface area contributed by atoms with Gasteiger partial charge in [0.2, 0.25) is 6.41 Å². The molecule has 2 aromatic carbocycles. The van der Waals surface area contributed by atoms with E-state index in [0.717, 1.165) is 40.1 Å². The van der Waals surface area contributed by atoms with Gasteiger partial charge in [0.15, 0.2) is 0 Å². The molecule has 8 heteroatoms. The van der Waals surface area contributed by atoms with Crippen LogP contribution in [0.1, 0.15) is 38.3 Å². The van der Waals surface area contributed by atoms with Gasteiger partial charge in [0.1, 0.15) is 18.2 Å². The zero-order chi connectivity index (χ0) is 26.0. The number of carbonyl (C=O) groups excluding carboxylic acids is 1. The number of benzene rings is 2. The monoisotopic (exact) mass is 494 g/mol. The van der Waals surface area contributed by atoms with Crippen LogP contribution >= 0.6 is 0 Å². The Labute approximate surface area is 216 Å². The number of rotatable bonds is 8. The number of aromatic nitrogens is 5. The van der Waals surface area contributed by atoms with Gasteiger partial charge in [-0.2, -0.15) is 0 Å². The Kier molecular flexibility index (Phi) is 6.58. The average Bonchev–Trinajstić information content (AvgIpc) is 3.50. The fourth-order valence-corrected chi connectivity index (χ4v) is 4.45. The Morgan fingerprint density at radius 2 is 1.73 bits per heavy atom. The van der Waals surface area contributed by atoms with Crippen LogP contribution < -0.4 is 0 Å². The van der Waals surface area contributed by atoms with Gasteiger partial charge in [0.05, 0.1) is 28.5 Å². The fourth-order valence-electron chi connectivity index (χ4n) is 4.45. The van der Waals surface area contributed by atoms with Gasteiger partial charge in [-0.15, -0.1) is 0 Å². The van der Waals surface area contributed by atoms with Crippen molar-refractivity contribution < 1.29 is 9.63 Å². The van der Waals surface area contributed by atoms with E-state index in [1.165, 1.54) is 5.06 Å². The third-order valence-corrected chi connectivity index (χ3v) is 6.14. The number of nitrogens with zero attached hydrogens (tertiary/aromatic N) is 6. The van der Waals surface area contributed by atoms with E-state index in [2.05, 4.69) is 44.9 Å². The van der Waals surface area contributed by atoms with Crippen molar-refractivity contribution >= 4 is 17.4 Å². The number of fused-ring (bicyclic) bond motifs is 1. The molecule has 37 heavy (non-hydrogen) atoms. The van der Waals surface area contributed by atoms with Gasteiger partial charge in [-0.05, 0) is 62.7 Å². The van der Waals surface area contributed by atoms with Crippen molar-refractivity contribution in [2.24, 2.45) is 7.05 Å². The van der Waals surface area contributed by atoms with Crippen LogP contribution in [0.2, 0.25) is 0 Å². The highest BCUT2D eigenvalue weighted by atomic mass is 16.7. The molecule has 0 saturated heterocycles. The van der Waals surface area contributed by atoms with Crippen LogP contribution in [0, 0.1) is 0 Å². The molecule has 0 aliphatic carbocycles. The Balaban J connectivity index is 1.48. The number of pyridine rings is 1. The van der Waals surface area contributed by atoms with Gasteiger partial charge >= 0.3 is 0 Å². The molecule has 3 heterocycles. The molecule has 1 amide bonds. The second-order valence-corrected chi connectivity index (χ2v) is 9.92. The van der Waals surface area contributed by atoms with Crippen molar-refractivity contribution in [2.45, 2.75) is 38.8 Å². The Bertz CT molecular complexity index is 1500. The predicted octanol–water partition coefficient (Wildman–Crippen LogP) is 5.29. The second kappa shape index (κ2) is 9.99. The summed E-state index contributed by atoms with van der Waals surface area (Å²) in [6.07, 6.45) is 6.61. The molecule has 8 nitrogen and oxygen atoms in total. The highest BCUT2D eigenvalue weighted by Crippen LogP contribution is 2.30. The molecule has 0 saturated carbocycles. The van der Waals surface area contributed by atoms with E-state index in [0.29, 0.717) is 12.2 Å². The van der Waals surface area contributed by atoms with Crippen LogP contribution in [0.4, 0.5) is 0 Å². The lowest BCUT2D eigenvalue weighted by atomic mass is 10.1. The third kappa shape index (κ3) is 5.15. The molecule has 0 bridgehead atoms. The summed E-state index contributed by atoms with van der Waals surface area (Å²) in [5.41, 5.74) is 5.29. The summed E-state index contributed by atoms with van der Waals surface area (Å²) in [5.74, 6) is 0.710. The first-order valence-electron chi connectivity index (χ1n) is 12.2. The molecule has 1 atom stereocenters. The molecular formula is C29H30N6O2. The van der Waals surface area contributed by atoms with E-state index in [4.69, 9.17) is 9.82 Å². The number of hydrogen-bond donors (Lipinski definition) is 0. The first-order valence-corrected chi connectivity index (χ1v) is 12.2. The van der Waals surface area contributed by atoms with Crippen molar-refractivity contribution in [3.05, 3.63) is 97.0 Å². The average molecular weight is 495 g/mol. The van der Waals surface area contributed by atoms with E-state index in [-0.39, 0.29) is 0 Å². The molecule has 0 aliphatic heterocycles. The minimum Gasteiger partial charge on any atom is -0.329 e. The minimum atomic E-state index is -0.551. The van der Waals surface area contributed by atoms with Gasteiger partial charge in [-0.1, -0.05) is 30.3 Å².